The first-order valence-corrected chi connectivity index (χ1v) is 9.46. The third kappa shape index (κ3) is 3.60. The first-order valence-electron chi connectivity index (χ1n) is 9.46. The number of nitrogens with zero attached hydrogens (tertiary/aromatic N) is 4. The van der Waals surface area contributed by atoms with Crippen molar-refractivity contribution in [2.75, 3.05) is 0 Å². The molecule has 2 aromatic heterocycles. The van der Waals surface area contributed by atoms with E-state index in [0.29, 0.717) is 22.2 Å². The summed E-state index contributed by atoms with van der Waals surface area (Å²) in [5, 5.41) is 9.48. The van der Waals surface area contributed by atoms with E-state index < -0.39 is 17.3 Å². The second kappa shape index (κ2) is 7.44. The first-order chi connectivity index (χ1) is 14.3. The highest BCUT2D eigenvalue weighted by atomic mass is 19.4. The second-order valence-corrected chi connectivity index (χ2v) is 7.36. The molecule has 2 heterocycles. The van der Waals surface area contributed by atoms with Gasteiger partial charge in [-0.2, -0.15) is 23.4 Å². The second-order valence-electron chi connectivity index (χ2n) is 7.36. The normalized spacial score (nSPS) is 12.1. The zero-order chi connectivity index (χ0) is 21.5. The van der Waals surface area contributed by atoms with Crippen LogP contribution in [0.5, 0.6) is 0 Å². The van der Waals surface area contributed by atoms with Gasteiger partial charge in [-0.05, 0) is 35.7 Å². The Morgan fingerprint density at radius 1 is 1.03 bits per heavy atom. The summed E-state index contributed by atoms with van der Waals surface area (Å²) in [5.74, 6) is -0.00529. The van der Waals surface area contributed by atoms with Gasteiger partial charge in [-0.3, -0.25) is 4.79 Å². The van der Waals surface area contributed by atoms with Crippen molar-refractivity contribution < 1.29 is 13.2 Å². The molecule has 0 spiro atoms. The maximum atomic E-state index is 13.3. The molecular weight excluding hydrogens is 393 g/mol. The van der Waals surface area contributed by atoms with E-state index in [1.807, 2.05) is 44.2 Å². The van der Waals surface area contributed by atoms with Gasteiger partial charge in [0.2, 0.25) is 0 Å². The van der Waals surface area contributed by atoms with Gasteiger partial charge in [0, 0.05) is 5.39 Å². The largest absolute Gasteiger partial charge is 0.416 e. The molecule has 0 aliphatic heterocycles. The topological polar surface area (TPSA) is 52.7 Å². The number of aromatic nitrogens is 4. The van der Waals surface area contributed by atoms with Gasteiger partial charge in [0.05, 0.1) is 29.7 Å². The maximum absolute atomic E-state index is 13.3. The molecule has 0 saturated carbocycles. The average molecular weight is 412 g/mol. The van der Waals surface area contributed by atoms with Gasteiger partial charge in [-0.25, -0.2) is 9.36 Å². The van der Waals surface area contributed by atoms with Crippen LogP contribution in [0.4, 0.5) is 13.2 Å². The highest BCUT2D eigenvalue weighted by molar-refractivity contribution is 5.82. The van der Waals surface area contributed by atoms with E-state index in [1.54, 1.807) is 16.9 Å². The summed E-state index contributed by atoms with van der Waals surface area (Å²) < 4.78 is 42.0. The van der Waals surface area contributed by atoms with Crippen LogP contribution >= 0.6 is 0 Å². The van der Waals surface area contributed by atoms with Gasteiger partial charge in [-0.15, -0.1) is 0 Å². The molecular formula is C22H19F3N4O. The summed E-state index contributed by atoms with van der Waals surface area (Å²) in [7, 11) is 0. The van der Waals surface area contributed by atoms with Crippen molar-refractivity contribution in [3.8, 4) is 5.69 Å². The smallest absolute Gasteiger partial charge is 0.265 e. The van der Waals surface area contributed by atoms with Crippen molar-refractivity contribution in [1.82, 2.24) is 19.6 Å². The molecule has 154 valence electrons. The Morgan fingerprint density at radius 3 is 2.43 bits per heavy atom. The number of hydrogen-bond acceptors (Lipinski definition) is 3. The molecule has 0 saturated heterocycles. The van der Waals surface area contributed by atoms with E-state index >= 15 is 0 Å². The lowest BCUT2D eigenvalue weighted by molar-refractivity contribution is -0.137. The fourth-order valence-corrected chi connectivity index (χ4v) is 3.41. The van der Waals surface area contributed by atoms with E-state index in [1.165, 1.54) is 10.7 Å². The molecule has 0 radical (unpaired) electrons. The molecule has 0 unspecified atom stereocenters. The number of hydrogen-bond donors (Lipinski definition) is 0. The third-order valence-corrected chi connectivity index (χ3v) is 4.84. The fourth-order valence-electron chi connectivity index (χ4n) is 3.41. The van der Waals surface area contributed by atoms with Crippen molar-refractivity contribution in [2.45, 2.75) is 32.5 Å². The van der Waals surface area contributed by atoms with Crippen LogP contribution in [0.3, 0.4) is 0 Å². The minimum atomic E-state index is -4.45. The van der Waals surface area contributed by atoms with Crippen molar-refractivity contribution in [3.05, 3.63) is 88.0 Å². The Balaban J connectivity index is 1.89. The van der Waals surface area contributed by atoms with Gasteiger partial charge in [0.25, 0.3) is 5.56 Å². The van der Waals surface area contributed by atoms with Gasteiger partial charge in [0.15, 0.2) is 0 Å². The quantitative estimate of drug-likeness (QED) is 0.485. The molecule has 5 nitrogen and oxygen atoms in total. The van der Waals surface area contributed by atoms with E-state index in [4.69, 9.17) is 0 Å². The molecule has 8 heteroatoms. The van der Waals surface area contributed by atoms with Crippen molar-refractivity contribution >= 4 is 10.9 Å². The third-order valence-electron chi connectivity index (χ3n) is 4.84. The molecule has 0 atom stereocenters. The Labute approximate surface area is 170 Å². The monoisotopic (exact) mass is 412 g/mol. The summed E-state index contributed by atoms with van der Waals surface area (Å²) in [5.41, 5.74) is 0.918. The van der Waals surface area contributed by atoms with Gasteiger partial charge < -0.3 is 0 Å². The lowest BCUT2D eigenvalue weighted by Gasteiger charge is -2.13. The van der Waals surface area contributed by atoms with Crippen LogP contribution in [0.2, 0.25) is 0 Å². The SMILES string of the molecule is CC(C)c1nn(Cc2cccc(C(F)(F)F)c2)c(=O)c2c1cnn2-c1ccccc1. The van der Waals surface area contributed by atoms with Crippen LogP contribution in [0.1, 0.15) is 36.6 Å². The number of alkyl halides is 3. The van der Waals surface area contributed by atoms with E-state index in [9.17, 15) is 18.0 Å². The van der Waals surface area contributed by atoms with Crippen molar-refractivity contribution in [1.29, 1.82) is 0 Å². The minimum Gasteiger partial charge on any atom is -0.265 e. The molecule has 0 aliphatic rings. The maximum Gasteiger partial charge on any atom is 0.416 e. The summed E-state index contributed by atoms with van der Waals surface area (Å²) in [6, 6.07) is 14.1. The molecule has 0 bridgehead atoms. The Hall–Kier alpha value is -3.42. The highest BCUT2D eigenvalue weighted by Gasteiger charge is 2.30. The van der Waals surface area contributed by atoms with E-state index in [2.05, 4.69) is 10.2 Å². The number of halogens is 3. The first kappa shape index (κ1) is 19.9. The van der Waals surface area contributed by atoms with Crippen molar-refractivity contribution in [3.63, 3.8) is 0 Å². The Kier molecular flexibility index (Phi) is 4.93. The van der Waals surface area contributed by atoms with Crippen LogP contribution in [-0.4, -0.2) is 19.6 Å². The van der Waals surface area contributed by atoms with Crippen LogP contribution in [0, 0.1) is 0 Å². The molecule has 30 heavy (non-hydrogen) atoms. The van der Waals surface area contributed by atoms with Gasteiger partial charge in [0.1, 0.15) is 5.52 Å². The molecule has 2 aromatic carbocycles. The van der Waals surface area contributed by atoms with Crippen LogP contribution in [-0.2, 0) is 12.7 Å². The summed E-state index contributed by atoms with van der Waals surface area (Å²) >= 11 is 0. The van der Waals surface area contributed by atoms with Gasteiger partial charge >= 0.3 is 6.18 Å². The standard InChI is InChI=1S/C22H19F3N4O/c1-14(2)19-18-12-26-29(17-9-4-3-5-10-17)20(18)21(30)28(27-19)13-15-7-6-8-16(11-15)22(23,24)25/h3-12,14H,13H2,1-2H3. The van der Waals surface area contributed by atoms with Crippen LogP contribution < -0.4 is 5.56 Å². The van der Waals surface area contributed by atoms with Crippen LogP contribution in [0.25, 0.3) is 16.6 Å². The fraction of sp³-hybridized carbons (Fsp3) is 0.227. The molecule has 0 fully saturated rings. The van der Waals surface area contributed by atoms with Crippen molar-refractivity contribution in [2.24, 2.45) is 0 Å². The number of rotatable bonds is 4. The molecule has 4 rings (SSSR count). The highest BCUT2D eigenvalue weighted by Crippen LogP contribution is 2.30. The predicted octanol–water partition coefficient (Wildman–Crippen LogP) is 4.77. The molecule has 0 N–H and O–H groups in total. The summed E-state index contributed by atoms with van der Waals surface area (Å²) in [6.45, 7) is 3.82. The Morgan fingerprint density at radius 2 is 1.77 bits per heavy atom. The van der Waals surface area contributed by atoms with E-state index in [0.717, 1.165) is 17.8 Å². The molecule has 4 aromatic rings. The predicted molar refractivity (Wildman–Crippen MR) is 108 cm³/mol. The Bertz CT molecular complexity index is 1260. The number of fused-ring (bicyclic) bond motifs is 1. The molecule has 0 amide bonds. The number of benzene rings is 2. The lowest BCUT2D eigenvalue weighted by Crippen LogP contribution is -2.27. The van der Waals surface area contributed by atoms with Crippen LogP contribution in [0.15, 0.2) is 65.6 Å². The summed E-state index contributed by atoms with van der Waals surface area (Å²) in [4.78, 5) is 13.3. The molecule has 0 aliphatic carbocycles. The zero-order valence-electron chi connectivity index (χ0n) is 16.4. The van der Waals surface area contributed by atoms with Gasteiger partial charge in [-0.1, -0.05) is 44.2 Å². The lowest BCUT2D eigenvalue weighted by atomic mass is 10.1. The average Bonchev–Trinajstić information content (AvgIpc) is 3.15. The zero-order valence-corrected chi connectivity index (χ0v) is 16.4. The number of para-hydroxylation sites is 1. The summed E-state index contributed by atoms with van der Waals surface area (Å²) in [6.07, 6.45) is -2.84. The van der Waals surface area contributed by atoms with E-state index in [-0.39, 0.29) is 12.5 Å². The minimum absolute atomic E-state index is 0.00529.